The van der Waals surface area contributed by atoms with Gasteiger partial charge >= 0.3 is 0 Å². The maximum absolute atomic E-state index is 5.75. The van der Waals surface area contributed by atoms with E-state index in [4.69, 9.17) is 10.5 Å². The van der Waals surface area contributed by atoms with Gasteiger partial charge in [0.2, 0.25) is 0 Å². The van der Waals surface area contributed by atoms with Gasteiger partial charge in [-0.2, -0.15) is 0 Å². The molecule has 2 rings (SSSR count). The number of fused-ring (bicyclic) bond motifs is 1. The minimum absolute atomic E-state index is 0.710. The average Bonchev–Trinajstić information content (AvgIpc) is 2.30. The van der Waals surface area contributed by atoms with Crippen molar-refractivity contribution in [1.82, 2.24) is 0 Å². The third-order valence-corrected chi connectivity index (χ3v) is 1.93. The first-order chi connectivity index (χ1) is 5.88. The van der Waals surface area contributed by atoms with E-state index in [0.29, 0.717) is 5.69 Å². The van der Waals surface area contributed by atoms with Gasteiger partial charge in [-0.1, -0.05) is 6.07 Å². The van der Waals surface area contributed by atoms with Crippen molar-refractivity contribution in [2.75, 3.05) is 24.2 Å². The Morgan fingerprint density at radius 3 is 3.25 bits per heavy atom. The monoisotopic (exact) mass is 164 g/mol. The highest BCUT2D eigenvalue weighted by Gasteiger charge is 2.09. The van der Waals surface area contributed by atoms with Crippen LogP contribution in [0.4, 0.5) is 11.4 Å². The van der Waals surface area contributed by atoms with Crippen molar-refractivity contribution in [1.29, 1.82) is 0 Å². The second-order valence-corrected chi connectivity index (χ2v) is 2.85. The van der Waals surface area contributed by atoms with E-state index in [9.17, 15) is 0 Å². The Bertz CT molecular complexity index is 286. The Balaban J connectivity index is 2.42. The van der Waals surface area contributed by atoms with E-state index < -0.39 is 0 Å². The second-order valence-electron chi connectivity index (χ2n) is 2.85. The molecule has 1 heterocycles. The molecule has 0 unspecified atom stereocenters. The Kier molecular flexibility index (Phi) is 1.78. The molecule has 0 aliphatic carbocycles. The first kappa shape index (κ1) is 7.28. The van der Waals surface area contributed by atoms with Gasteiger partial charge in [-0.15, -0.1) is 0 Å². The zero-order valence-electron chi connectivity index (χ0n) is 6.84. The van der Waals surface area contributed by atoms with Crippen molar-refractivity contribution >= 4 is 11.4 Å². The number of rotatable bonds is 0. The summed E-state index contributed by atoms with van der Waals surface area (Å²) in [7, 11) is 0. The van der Waals surface area contributed by atoms with E-state index in [0.717, 1.165) is 31.0 Å². The van der Waals surface area contributed by atoms with Crippen LogP contribution in [0, 0.1) is 0 Å². The van der Waals surface area contributed by atoms with Gasteiger partial charge in [-0.25, -0.2) is 0 Å². The summed E-state index contributed by atoms with van der Waals surface area (Å²) in [5, 5.41) is 3.26. The number of para-hydroxylation sites is 1. The number of nitrogen functional groups attached to an aromatic ring is 1. The van der Waals surface area contributed by atoms with E-state index in [1.54, 1.807) is 0 Å². The Morgan fingerprint density at radius 2 is 2.33 bits per heavy atom. The molecule has 3 N–H and O–H groups in total. The van der Waals surface area contributed by atoms with Crippen LogP contribution >= 0.6 is 0 Å². The molecule has 3 nitrogen and oxygen atoms in total. The molecule has 64 valence electrons. The molecular weight excluding hydrogens is 152 g/mol. The maximum atomic E-state index is 5.75. The van der Waals surface area contributed by atoms with Gasteiger partial charge in [-0.3, -0.25) is 0 Å². The minimum Gasteiger partial charge on any atom is -0.489 e. The molecule has 1 aliphatic heterocycles. The van der Waals surface area contributed by atoms with E-state index in [1.165, 1.54) is 0 Å². The predicted molar refractivity (Wildman–Crippen MR) is 49.5 cm³/mol. The van der Waals surface area contributed by atoms with Crippen molar-refractivity contribution < 1.29 is 4.74 Å². The fourth-order valence-corrected chi connectivity index (χ4v) is 1.32. The Labute approximate surface area is 71.5 Å². The van der Waals surface area contributed by atoms with Crippen LogP contribution in [-0.4, -0.2) is 13.2 Å². The molecule has 0 spiro atoms. The van der Waals surface area contributed by atoms with Gasteiger partial charge in [0.1, 0.15) is 0 Å². The van der Waals surface area contributed by atoms with Gasteiger partial charge in [0.25, 0.3) is 0 Å². The highest BCUT2D eigenvalue weighted by atomic mass is 16.5. The summed E-state index contributed by atoms with van der Waals surface area (Å²) < 4.78 is 5.49. The lowest BCUT2D eigenvalue weighted by Gasteiger charge is -2.09. The number of nitrogens with two attached hydrogens (primary N) is 1. The fraction of sp³-hybridized carbons (Fsp3) is 0.333. The van der Waals surface area contributed by atoms with E-state index in [2.05, 4.69) is 5.32 Å². The third kappa shape index (κ3) is 1.18. The van der Waals surface area contributed by atoms with Crippen molar-refractivity contribution in [3.8, 4) is 5.75 Å². The summed E-state index contributed by atoms with van der Waals surface area (Å²) >= 11 is 0. The largest absolute Gasteiger partial charge is 0.489 e. The van der Waals surface area contributed by atoms with Gasteiger partial charge in [0, 0.05) is 6.54 Å². The number of anilines is 2. The lowest BCUT2D eigenvalue weighted by Crippen LogP contribution is -1.99. The molecule has 3 heteroatoms. The summed E-state index contributed by atoms with van der Waals surface area (Å²) in [6.07, 6.45) is 1.02. The van der Waals surface area contributed by atoms with E-state index in [-0.39, 0.29) is 0 Å². The zero-order valence-corrected chi connectivity index (χ0v) is 6.84. The molecule has 0 aromatic heterocycles. The standard InChI is InChI=1S/C9H12N2O/c10-7-3-1-4-8-9(7)12-6-2-5-11-8/h1,3-4,11H,2,5-6,10H2. The quantitative estimate of drug-likeness (QED) is 0.571. The number of hydrogen-bond donors (Lipinski definition) is 2. The van der Waals surface area contributed by atoms with Gasteiger partial charge in [0.05, 0.1) is 18.0 Å². The molecule has 0 amide bonds. The molecule has 0 fully saturated rings. The highest BCUT2D eigenvalue weighted by Crippen LogP contribution is 2.32. The molecule has 0 atom stereocenters. The molecule has 1 aromatic carbocycles. The Hall–Kier alpha value is -1.38. The Morgan fingerprint density at radius 1 is 1.42 bits per heavy atom. The van der Waals surface area contributed by atoms with Crippen LogP contribution in [0.3, 0.4) is 0 Å². The SMILES string of the molecule is Nc1cccc2c1OCCCN2. The second kappa shape index (κ2) is 2.93. The molecule has 1 aromatic rings. The molecule has 0 radical (unpaired) electrons. The molecule has 0 saturated carbocycles. The van der Waals surface area contributed by atoms with Crippen LogP contribution in [0.25, 0.3) is 0 Å². The smallest absolute Gasteiger partial charge is 0.165 e. The number of benzene rings is 1. The summed E-state index contributed by atoms with van der Waals surface area (Å²) in [4.78, 5) is 0. The number of nitrogens with one attached hydrogen (secondary N) is 1. The summed E-state index contributed by atoms with van der Waals surface area (Å²) in [5.74, 6) is 0.801. The predicted octanol–water partition coefficient (Wildman–Crippen LogP) is 1.46. The van der Waals surface area contributed by atoms with Gasteiger partial charge < -0.3 is 15.8 Å². The first-order valence-corrected chi connectivity index (χ1v) is 4.13. The van der Waals surface area contributed by atoms with Crippen molar-refractivity contribution in [3.05, 3.63) is 18.2 Å². The highest BCUT2D eigenvalue weighted by molar-refractivity contribution is 5.69. The maximum Gasteiger partial charge on any atom is 0.165 e. The topological polar surface area (TPSA) is 47.3 Å². The van der Waals surface area contributed by atoms with Crippen LogP contribution in [-0.2, 0) is 0 Å². The third-order valence-electron chi connectivity index (χ3n) is 1.93. The number of ether oxygens (including phenoxy) is 1. The summed E-state index contributed by atoms with van der Waals surface area (Å²) in [6.45, 7) is 1.70. The van der Waals surface area contributed by atoms with E-state index >= 15 is 0 Å². The summed E-state index contributed by atoms with van der Waals surface area (Å²) in [6, 6.07) is 5.76. The minimum atomic E-state index is 0.710. The average molecular weight is 164 g/mol. The molecule has 0 bridgehead atoms. The van der Waals surface area contributed by atoms with Crippen molar-refractivity contribution in [2.24, 2.45) is 0 Å². The fourth-order valence-electron chi connectivity index (χ4n) is 1.32. The molecule has 0 saturated heterocycles. The first-order valence-electron chi connectivity index (χ1n) is 4.13. The molecular formula is C9H12N2O. The number of hydrogen-bond acceptors (Lipinski definition) is 3. The lowest BCUT2D eigenvalue weighted by molar-refractivity contribution is 0.324. The zero-order chi connectivity index (χ0) is 8.39. The van der Waals surface area contributed by atoms with Crippen molar-refractivity contribution in [3.63, 3.8) is 0 Å². The van der Waals surface area contributed by atoms with Crippen LogP contribution in [0.15, 0.2) is 18.2 Å². The van der Waals surface area contributed by atoms with Gasteiger partial charge in [0.15, 0.2) is 5.75 Å². The van der Waals surface area contributed by atoms with Gasteiger partial charge in [-0.05, 0) is 18.6 Å². The molecule has 12 heavy (non-hydrogen) atoms. The van der Waals surface area contributed by atoms with Crippen molar-refractivity contribution in [2.45, 2.75) is 6.42 Å². The normalized spacial score (nSPS) is 15.3. The van der Waals surface area contributed by atoms with Crippen LogP contribution in [0.2, 0.25) is 0 Å². The van der Waals surface area contributed by atoms with Crippen LogP contribution in [0.1, 0.15) is 6.42 Å². The molecule has 1 aliphatic rings. The lowest BCUT2D eigenvalue weighted by atomic mass is 10.2. The van der Waals surface area contributed by atoms with E-state index in [1.807, 2.05) is 18.2 Å². The van der Waals surface area contributed by atoms with Crippen LogP contribution < -0.4 is 15.8 Å². The summed E-state index contributed by atoms with van der Waals surface area (Å²) in [5.41, 5.74) is 7.46. The van der Waals surface area contributed by atoms with Crippen LogP contribution in [0.5, 0.6) is 5.75 Å².